The maximum Gasteiger partial charge on any atom is 0.410 e. The summed E-state index contributed by atoms with van der Waals surface area (Å²) in [5.74, 6) is -2.43. The first-order chi connectivity index (χ1) is 19.2. The fourth-order valence-electron chi connectivity index (χ4n) is 5.30. The lowest BCUT2D eigenvalue weighted by Crippen LogP contribution is -2.49. The number of hydrogen-bond donors (Lipinski definition) is 2. The number of aliphatic carboxylic acids is 1. The second-order valence-corrected chi connectivity index (χ2v) is 14.1. The Balaban J connectivity index is 1.48. The number of carbonyl (C=O) groups excluding carboxylic acids is 3. The van der Waals surface area contributed by atoms with Crippen molar-refractivity contribution in [1.29, 1.82) is 0 Å². The molecule has 3 amide bonds. The van der Waals surface area contributed by atoms with Crippen LogP contribution in [0.25, 0.3) is 0 Å². The van der Waals surface area contributed by atoms with Crippen molar-refractivity contribution in [3.8, 4) is 0 Å². The molecule has 12 heteroatoms. The number of carbonyl (C=O) groups is 4. The molecular formula is C29H43N3O8S. The fraction of sp³-hybridized carbons (Fsp3) is 0.655. The summed E-state index contributed by atoms with van der Waals surface area (Å²) in [5.41, 5.74) is -0.541. The van der Waals surface area contributed by atoms with Crippen LogP contribution >= 0.6 is 0 Å². The molecule has 0 bridgehead atoms. The monoisotopic (exact) mass is 593 g/mol. The standard InChI is InChI=1S/C29H43N3O8S/c1-29(2,3)40-28(37)31-16-13-21(14-17-31)11-12-25(33)32-15-7-8-22(19-32)27(36)30-23(18-26(34)35)20-41(38,39)24-9-5-4-6-10-24/h4-6,9-10,21-23H,7-8,11-20H2,1-3H3,(H,30,36)(H,34,35)/t22-,23+/m1/s1. The molecule has 1 aromatic carbocycles. The summed E-state index contributed by atoms with van der Waals surface area (Å²) in [6.45, 7) is 7.46. The Morgan fingerprint density at radius 2 is 1.68 bits per heavy atom. The van der Waals surface area contributed by atoms with Crippen LogP contribution in [0.5, 0.6) is 0 Å². The van der Waals surface area contributed by atoms with Gasteiger partial charge in [-0.3, -0.25) is 14.4 Å². The SMILES string of the molecule is CC(C)(C)OC(=O)N1CCC(CCC(=O)N2CCC[C@@H](C(=O)N[C@@H](CC(=O)O)CS(=O)(=O)c3ccccc3)C2)CC1. The van der Waals surface area contributed by atoms with Gasteiger partial charge in [0.25, 0.3) is 0 Å². The van der Waals surface area contributed by atoms with E-state index in [4.69, 9.17) is 4.74 Å². The molecule has 2 heterocycles. The number of ether oxygens (including phenoxy) is 1. The summed E-state index contributed by atoms with van der Waals surface area (Å²) >= 11 is 0. The zero-order valence-electron chi connectivity index (χ0n) is 24.2. The number of nitrogens with zero attached hydrogens (tertiary/aromatic N) is 2. The summed E-state index contributed by atoms with van der Waals surface area (Å²) in [5, 5.41) is 12.0. The Kier molecular flexibility index (Phi) is 11.2. The van der Waals surface area contributed by atoms with Crippen LogP contribution in [0.1, 0.15) is 65.7 Å². The van der Waals surface area contributed by atoms with Gasteiger partial charge in [-0.05, 0) is 70.9 Å². The van der Waals surface area contributed by atoms with Gasteiger partial charge in [0, 0.05) is 32.6 Å². The lowest BCUT2D eigenvalue weighted by Gasteiger charge is -2.35. The fourth-order valence-corrected chi connectivity index (χ4v) is 6.80. The summed E-state index contributed by atoms with van der Waals surface area (Å²) in [6, 6.07) is 6.62. The highest BCUT2D eigenvalue weighted by molar-refractivity contribution is 7.91. The van der Waals surface area contributed by atoms with E-state index in [0.29, 0.717) is 51.2 Å². The first-order valence-electron chi connectivity index (χ1n) is 14.3. The summed E-state index contributed by atoms with van der Waals surface area (Å²) < 4.78 is 31.1. The highest BCUT2D eigenvalue weighted by Gasteiger charge is 2.32. The van der Waals surface area contributed by atoms with Crippen LogP contribution in [0.3, 0.4) is 0 Å². The van der Waals surface area contributed by atoms with Crippen LogP contribution in [-0.2, 0) is 29.0 Å². The van der Waals surface area contributed by atoms with Gasteiger partial charge in [-0.25, -0.2) is 13.2 Å². The molecule has 0 saturated carbocycles. The summed E-state index contributed by atoms with van der Waals surface area (Å²) in [7, 11) is -3.81. The molecule has 0 spiro atoms. The normalized spacial score (nSPS) is 19.3. The number of nitrogens with one attached hydrogen (secondary N) is 1. The molecule has 0 unspecified atom stereocenters. The molecule has 2 fully saturated rings. The number of carboxylic acids is 1. The van der Waals surface area contributed by atoms with Gasteiger partial charge in [0.05, 0.1) is 29.0 Å². The number of piperidine rings is 2. The Morgan fingerprint density at radius 1 is 1.02 bits per heavy atom. The molecule has 11 nitrogen and oxygen atoms in total. The predicted molar refractivity (Wildman–Crippen MR) is 152 cm³/mol. The van der Waals surface area contributed by atoms with Gasteiger partial charge in [0.15, 0.2) is 9.84 Å². The van der Waals surface area contributed by atoms with E-state index < -0.39 is 51.4 Å². The van der Waals surface area contributed by atoms with Crippen molar-refractivity contribution in [2.45, 2.75) is 82.3 Å². The van der Waals surface area contributed by atoms with Crippen LogP contribution in [0.15, 0.2) is 35.2 Å². The first kappa shape index (κ1) is 32.4. The quantitative estimate of drug-likeness (QED) is 0.420. The van der Waals surface area contributed by atoms with E-state index in [-0.39, 0.29) is 23.4 Å². The minimum atomic E-state index is -3.81. The first-order valence-corrected chi connectivity index (χ1v) is 15.9. The van der Waals surface area contributed by atoms with Crippen molar-refractivity contribution in [2.24, 2.45) is 11.8 Å². The topological polar surface area (TPSA) is 150 Å². The molecule has 228 valence electrons. The number of benzene rings is 1. The Hall–Kier alpha value is -3.15. The summed E-state index contributed by atoms with van der Waals surface area (Å²) in [4.78, 5) is 53.2. The lowest BCUT2D eigenvalue weighted by molar-refractivity contribution is -0.137. The van der Waals surface area contributed by atoms with Crippen molar-refractivity contribution in [3.05, 3.63) is 30.3 Å². The molecular weight excluding hydrogens is 550 g/mol. The van der Waals surface area contributed by atoms with E-state index in [9.17, 15) is 32.7 Å². The van der Waals surface area contributed by atoms with Gasteiger partial charge in [0.1, 0.15) is 5.60 Å². The van der Waals surface area contributed by atoms with Crippen molar-refractivity contribution < 1.29 is 37.4 Å². The average molecular weight is 594 g/mol. The van der Waals surface area contributed by atoms with Crippen molar-refractivity contribution >= 4 is 33.7 Å². The van der Waals surface area contributed by atoms with E-state index in [0.717, 1.165) is 12.8 Å². The van der Waals surface area contributed by atoms with E-state index in [1.165, 1.54) is 12.1 Å². The Morgan fingerprint density at radius 3 is 2.29 bits per heavy atom. The Labute approximate surface area is 242 Å². The zero-order chi connectivity index (χ0) is 30.2. The van der Waals surface area contributed by atoms with E-state index in [2.05, 4.69) is 5.32 Å². The number of likely N-dealkylation sites (tertiary alicyclic amines) is 2. The van der Waals surface area contributed by atoms with Gasteiger partial charge in [-0.15, -0.1) is 0 Å². The van der Waals surface area contributed by atoms with Gasteiger partial charge < -0.3 is 25.0 Å². The average Bonchev–Trinajstić information content (AvgIpc) is 2.91. The molecule has 2 aliphatic rings. The molecule has 3 rings (SSSR count). The molecule has 2 atom stereocenters. The minimum Gasteiger partial charge on any atom is -0.481 e. The van der Waals surface area contributed by atoms with Crippen LogP contribution < -0.4 is 5.32 Å². The lowest BCUT2D eigenvalue weighted by atomic mass is 9.91. The molecule has 1 aromatic rings. The molecule has 2 aliphatic heterocycles. The predicted octanol–water partition coefficient (Wildman–Crippen LogP) is 3.09. The van der Waals surface area contributed by atoms with E-state index >= 15 is 0 Å². The number of hydrogen-bond acceptors (Lipinski definition) is 7. The third-order valence-corrected chi connectivity index (χ3v) is 9.30. The minimum absolute atomic E-state index is 0.0363. The summed E-state index contributed by atoms with van der Waals surface area (Å²) in [6.07, 6.45) is 2.97. The maximum atomic E-state index is 13.1. The van der Waals surface area contributed by atoms with Gasteiger partial charge >= 0.3 is 12.1 Å². The highest BCUT2D eigenvalue weighted by Crippen LogP contribution is 2.25. The van der Waals surface area contributed by atoms with Crippen molar-refractivity contribution in [2.75, 3.05) is 31.9 Å². The second-order valence-electron chi connectivity index (χ2n) is 12.0. The second kappa shape index (κ2) is 14.2. The van der Waals surface area contributed by atoms with Crippen LogP contribution in [0.2, 0.25) is 0 Å². The van der Waals surface area contributed by atoms with Gasteiger partial charge in [0.2, 0.25) is 11.8 Å². The van der Waals surface area contributed by atoms with Gasteiger partial charge in [-0.1, -0.05) is 18.2 Å². The number of sulfone groups is 1. The van der Waals surface area contributed by atoms with Crippen molar-refractivity contribution in [1.82, 2.24) is 15.1 Å². The third-order valence-electron chi connectivity index (χ3n) is 7.47. The molecule has 2 N–H and O–H groups in total. The molecule has 41 heavy (non-hydrogen) atoms. The zero-order valence-corrected chi connectivity index (χ0v) is 25.0. The van der Waals surface area contributed by atoms with E-state index in [1.54, 1.807) is 28.0 Å². The number of rotatable bonds is 10. The largest absolute Gasteiger partial charge is 0.481 e. The van der Waals surface area contributed by atoms with Crippen LogP contribution in [-0.4, -0.2) is 90.8 Å². The molecule has 0 radical (unpaired) electrons. The third kappa shape index (κ3) is 10.3. The number of carboxylic acid groups (broad SMARTS) is 1. The number of amides is 3. The van der Waals surface area contributed by atoms with Gasteiger partial charge in [-0.2, -0.15) is 0 Å². The highest BCUT2D eigenvalue weighted by atomic mass is 32.2. The smallest absolute Gasteiger partial charge is 0.410 e. The molecule has 2 saturated heterocycles. The van der Waals surface area contributed by atoms with Crippen molar-refractivity contribution in [3.63, 3.8) is 0 Å². The van der Waals surface area contributed by atoms with Crippen LogP contribution in [0.4, 0.5) is 4.79 Å². The van der Waals surface area contributed by atoms with Crippen LogP contribution in [0, 0.1) is 11.8 Å². The maximum absolute atomic E-state index is 13.1. The molecule has 0 aromatic heterocycles. The Bertz CT molecular complexity index is 1170. The molecule has 0 aliphatic carbocycles. The van der Waals surface area contributed by atoms with E-state index in [1.807, 2.05) is 20.8 Å².